The second-order valence-corrected chi connectivity index (χ2v) is 10.6. The molecule has 164 valence electrons. The lowest BCUT2D eigenvalue weighted by molar-refractivity contribution is 0.586. The van der Waals surface area contributed by atoms with Gasteiger partial charge in [-0.15, -0.1) is 0 Å². The molecule has 11 heteroatoms. The molecule has 0 amide bonds. The molecule has 1 aromatic carbocycles. The van der Waals surface area contributed by atoms with E-state index in [-0.39, 0.29) is 17.3 Å². The number of pyridine rings is 1. The van der Waals surface area contributed by atoms with Gasteiger partial charge in [0.2, 0.25) is 0 Å². The van der Waals surface area contributed by atoms with E-state index in [1.165, 1.54) is 16.6 Å². The van der Waals surface area contributed by atoms with Crippen molar-refractivity contribution in [3.63, 3.8) is 0 Å². The zero-order valence-corrected chi connectivity index (χ0v) is 19.1. The highest BCUT2D eigenvalue weighted by Gasteiger charge is 2.26. The molecule has 1 aliphatic heterocycles. The van der Waals surface area contributed by atoms with Crippen molar-refractivity contribution in [3.8, 4) is 22.4 Å². The number of sulfone groups is 1. The lowest BCUT2D eigenvalue weighted by atomic mass is 10.1. The fourth-order valence-corrected chi connectivity index (χ4v) is 5.37. The van der Waals surface area contributed by atoms with Crippen molar-refractivity contribution >= 4 is 43.1 Å². The first-order valence-electron chi connectivity index (χ1n) is 9.83. The molecule has 8 nitrogen and oxygen atoms in total. The summed E-state index contributed by atoms with van der Waals surface area (Å²) in [5.74, 6) is 0.817. The number of aromatic nitrogens is 4. The molecule has 1 fully saturated rings. The van der Waals surface area contributed by atoms with Crippen molar-refractivity contribution in [1.29, 1.82) is 0 Å². The van der Waals surface area contributed by atoms with Gasteiger partial charge in [0.15, 0.2) is 15.5 Å². The van der Waals surface area contributed by atoms with Gasteiger partial charge >= 0.3 is 0 Å². The van der Waals surface area contributed by atoms with Crippen LogP contribution in [0.4, 0.5) is 16.0 Å². The normalized spacial score (nSPS) is 15.9. The number of hydrogen-bond donors (Lipinski definition) is 1. The van der Waals surface area contributed by atoms with E-state index >= 15 is 0 Å². The number of anilines is 2. The molecule has 32 heavy (non-hydrogen) atoms. The Morgan fingerprint density at radius 3 is 2.34 bits per heavy atom. The van der Waals surface area contributed by atoms with E-state index in [2.05, 4.69) is 26.0 Å². The molecule has 1 saturated heterocycles. The van der Waals surface area contributed by atoms with Crippen LogP contribution in [-0.4, -0.2) is 52.6 Å². The summed E-state index contributed by atoms with van der Waals surface area (Å²) in [5, 5.41) is 4.37. The Morgan fingerprint density at radius 2 is 1.69 bits per heavy atom. The van der Waals surface area contributed by atoms with Gasteiger partial charge in [0.1, 0.15) is 21.9 Å². The third kappa shape index (κ3) is 3.71. The molecule has 0 bridgehead atoms. The Labute approximate surface area is 192 Å². The van der Waals surface area contributed by atoms with E-state index in [0.29, 0.717) is 34.8 Å². The Balaban J connectivity index is 1.53. The molecule has 0 radical (unpaired) electrons. The van der Waals surface area contributed by atoms with Crippen molar-refractivity contribution in [2.75, 3.05) is 35.2 Å². The van der Waals surface area contributed by atoms with E-state index in [9.17, 15) is 12.8 Å². The highest BCUT2D eigenvalue weighted by atomic mass is 79.9. The second-order valence-electron chi connectivity index (χ2n) is 7.51. The maximum atomic E-state index is 13.2. The number of rotatable bonds is 3. The highest BCUT2D eigenvalue weighted by Crippen LogP contribution is 2.34. The van der Waals surface area contributed by atoms with Crippen LogP contribution in [0, 0.1) is 5.82 Å². The number of nitrogens with zero attached hydrogens (tertiary/aromatic N) is 5. The van der Waals surface area contributed by atoms with Gasteiger partial charge in [0, 0.05) is 36.0 Å². The third-order valence-corrected chi connectivity index (χ3v) is 7.83. The molecule has 0 aliphatic carbocycles. The largest absolute Gasteiger partial charge is 0.383 e. The van der Waals surface area contributed by atoms with E-state index in [0.717, 1.165) is 22.4 Å². The quantitative estimate of drug-likeness (QED) is 0.445. The molecule has 3 aromatic heterocycles. The summed E-state index contributed by atoms with van der Waals surface area (Å²) >= 11 is 3.49. The van der Waals surface area contributed by atoms with Crippen LogP contribution in [-0.2, 0) is 9.84 Å². The molecule has 4 heterocycles. The minimum atomic E-state index is -3.02. The zero-order chi connectivity index (χ0) is 22.5. The Hall–Kier alpha value is -3.05. The Bertz CT molecular complexity index is 1410. The first-order chi connectivity index (χ1) is 15.3. The lowest BCUT2D eigenvalue weighted by Gasteiger charge is -2.28. The van der Waals surface area contributed by atoms with Crippen LogP contribution < -0.4 is 10.6 Å². The molecule has 4 aromatic rings. The van der Waals surface area contributed by atoms with Crippen molar-refractivity contribution in [2.45, 2.75) is 0 Å². The van der Waals surface area contributed by atoms with Crippen molar-refractivity contribution < 1.29 is 12.8 Å². The fraction of sp³-hybridized carbons (Fsp3) is 0.190. The van der Waals surface area contributed by atoms with Crippen LogP contribution in [0.1, 0.15) is 0 Å². The summed E-state index contributed by atoms with van der Waals surface area (Å²) in [7, 11) is -3.02. The zero-order valence-electron chi connectivity index (χ0n) is 16.7. The summed E-state index contributed by atoms with van der Waals surface area (Å²) < 4.78 is 38.9. The van der Waals surface area contributed by atoms with Crippen LogP contribution in [0.3, 0.4) is 0 Å². The summed E-state index contributed by atoms with van der Waals surface area (Å²) in [6.45, 7) is 0.696. The Morgan fingerprint density at radius 1 is 1.00 bits per heavy atom. The molecule has 0 spiro atoms. The van der Waals surface area contributed by atoms with Crippen LogP contribution in [0.5, 0.6) is 0 Å². The number of halogens is 2. The number of hydrogen-bond acceptors (Lipinski definition) is 7. The fourth-order valence-electron chi connectivity index (χ4n) is 3.66. The molecule has 1 aliphatic rings. The van der Waals surface area contributed by atoms with Crippen molar-refractivity contribution in [1.82, 2.24) is 19.6 Å². The van der Waals surface area contributed by atoms with Crippen LogP contribution in [0.2, 0.25) is 0 Å². The average molecular weight is 517 g/mol. The minimum absolute atomic E-state index is 0.0765. The van der Waals surface area contributed by atoms with Gasteiger partial charge in [0.05, 0.1) is 23.4 Å². The van der Waals surface area contributed by atoms with Gasteiger partial charge in [-0.25, -0.2) is 17.8 Å². The number of nitrogens with two attached hydrogens (primary N) is 1. The molecular weight excluding hydrogens is 499 g/mol. The number of fused-ring (bicyclic) bond motifs is 1. The monoisotopic (exact) mass is 516 g/mol. The first kappa shape index (κ1) is 20.8. The molecular formula is C21H18BrFN6O2S. The van der Waals surface area contributed by atoms with Gasteiger partial charge < -0.3 is 10.6 Å². The van der Waals surface area contributed by atoms with Gasteiger partial charge in [-0.05, 0) is 46.3 Å². The summed E-state index contributed by atoms with van der Waals surface area (Å²) in [6, 6.07) is 9.90. The third-order valence-electron chi connectivity index (χ3n) is 5.46. The number of nitrogen functional groups attached to an aromatic ring is 1. The summed E-state index contributed by atoms with van der Waals surface area (Å²) in [5.41, 5.74) is 9.92. The van der Waals surface area contributed by atoms with Gasteiger partial charge in [-0.2, -0.15) is 9.61 Å². The molecule has 0 atom stereocenters. The maximum Gasteiger partial charge on any atom is 0.167 e. The molecule has 2 N–H and O–H groups in total. The van der Waals surface area contributed by atoms with Crippen molar-refractivity contribution in [2.24, 2.45) is 0 Å². The van der Waals surface area contributed by atoms with Crippen LogP contribution >= 0.6 is 15.9 Å². The Kier molecular flexibility index (Phi) is 5.09. The van der Waals surface area contributed by atoms with Gasteiger partial charge in [-0.3, -0.25) is 4.98 Å². The van der Waals surface area contributed by atoms with Crippen LogP contribution in [0.25, 0.3) is 28.0 Å². The predicted molar refractivity (Wildman–Crippen MR) is 125 cm³/mol. The molecule has 0 saturated carbocycles. The SMILES string of the molecule is Nc1c(Br)c(N2CCS(=O)(=O)CC2)nc2c(-c3ccc(-c4ccc(F)cc4)nc3)cnn12. The number of benzene rings is 1. The van der Waals surface area contributed by atoms with E-state index in [1.54, 1.807) is 24.5 Å². The predicted octanol–water partition coefficient (Wildman–Crippen LogP) is 3.18. The topological polar surface area (TPSA) is 106 Å². The maximum absolute atomic E-state index is 13.2. The van der Waals surface area contributed by atoms with Gasteiger partial charge in [0.25, 0.3) is 0 Å². The van der Waals surface area contributed by atoms with E-state index in [1.807, 2.05) is 17.0 Å². The molecule has 0 unspecified atom stereocenters. The second kappa shape index (κ2) is 7.82. The highest BCUT2D eigenvalue weighted by molar-refractivity contribution is 9.10. The first-order valence-corrected chi connectivity index (χ1v) is 12.4. The minimum Gasteiger partial charge on any atom is -0.383 e. The summed E-state index contributed by atoms with van der Waals surface area (Å²) in [4.78, 5) is 11.2. The van der Waals surface area contributed by atoms with Gasteiger partial charge in [-0.1, -0.05) is 6.07 Å². The standard InChI is InChI=1S/C21H18BrFN6O2S/c22-18-19(24)29-20(27-21(18)28-7-9-32(30,31)10-8-28)16(12-26-29)14-3-6-17(25-11-14)13-1-4-15(23)5-2-13/h1-6,11-12H,7-10,24H2. The summed E-state index contributed by atoms with van der Waals surface area (Å²) in [6.07, 6.45) is 3.38. The van der Waals surface area contributed by atoms with Crippen LogP contribution in [0.15, 0.2) is 53.3 Å². The van der Waals surface area contributed by atoms with Crippen molar-refractivity contribution in [3.05, 3.63) is 59.1 Å². The lowest BCUT2D eigenvalue weighted by Crippen LogP contribution is -2.41. The van der Waals surface area contributed by atoms with E-state index < -0.39 is 9.84 Å². The molecule has 5 rings (SSSR count). The average Bonchev–Trinajstić information content (AvgIpc) is 3.21. The van der Waals surface area contributed by atoms with E-state index in [4.69, 9.17) is 10.7 Å². The smallest absolute Gasteiger partial charge is 0.167 e.